The highest BCUT2D eigenvalue weighted by Crippen LogP contribution is 2.34. The Morgan fingerprint density at radius 1 is 1.19 bits per heavy atom. The number of rotatable bonds is 5. The molecule has 3 heterocycles. The molecule has 0 radical (unpaired) electrons. The number of hydrogen-bond donors (Lipinski definition) is 6. The van der Waals surface area contributed by atoms with E-state index in [4.69, 9.17) is 10.5 Å². The Balaban J connectivity index is 1.63. The predicted molar refractivity (Wildman–Crippen MR) is 108 cm³/mol. The summed E-state index contributed by atoms with van der Waals surface area (Å²) in [7, 11) is 0. The fourth-order valence-corrected chi connectivity index (χ4v) is 3.22. The van der Waals surface area contributed by atoms with Crippen LogP contribution in [-0.4, -0.2) is 70.4 Å². The predicted octanol–water partition coefficient (Wildman–Crippen LogP) is -1.60. The highest BCUT2D eigenvalue weighted by molar-refractivity contribution is 6.02. The van der Waals surface area contributed by atoms with E-state index in [-0.39, 0.29) is 28.6 Å². The van der Waals surface area contributed by atoms with E-state index in [1.807, 2.05) is 0 Å². The van der Waals surface area contributed by atoms with Gasteiger partial charge in [-0.1, -0.05) is 0 Å². The number of nitrogens with zero attached hydrogens (tertiary/aromatic N) is 5. The molecule has 31 heavy (non-hydrogen) atoms. The summed E-state index contributed by atoms with van der Waals surface area (Å²) in [5, 5.41) is 51.4. The number of nitrogen functional groups attached to an aromatic ring is 1. The van der Waals surface area contributed by atoms with Gasteiger partial charge in [-0.3, -0.25) is 9.99 Å². The first-order valence-electron chi connectivity index (χ1n) is 9.10. The van der Waals surface area contributed by atoms with Crippen molar-refractivity contribution in [3.8, 4) is 0 Å². The van der Waals surface area contributed by atoms with Crippen molar-refractivity contribution in [2.24, 2.45) is 0 Å². The smallest absolute Gasteiger partial charge is 0.226 e. The van der Waals surface area contributed by atoms with Gasteiger partial charge in [0.2, 0.25) is 11.7 Å². The molecule has 0 unspecified atom stereocenters. The normalized spacial score (nSPS) is 25.3. The molecule has 0 bridgehead atoms. The highest BCUT2D eigenvalue weighted by atomic mass is 16.8. The van der Waals surface area contributed by atoms with Crippen LogP contribution in [0.5, 0.6) is 0 Å². The number of aliphatic hydroxyl groups is 3. The topological polar surface area (TPSA) is 213 Å². The Bertz CT molecular complexity index is 1090. The van der Waals surface area contributed by atoms with E-state index >= 15 is 0 Å². The Morgan fingerprint density at radius 3 is 2.58 bits per heavy atom. The Labute approximate surface area is 174 Å². The van der Waals surface area contributed by atoms with E-state index < -0.39 is 36.0 Å². The molecule has 1 aliphatic carbocycles. The number of ether oxygens (including phenoxy) is 1. The van der Waals surface area contributed by atoms with Gasteiger partial charge in [0.15, 0.2) is 23.2 Å². The van der Waals surface area contributed by atoms with Crippen LogP contribution in [0.1, 0.15) is 6.23 Å². The molecule has 164 valence electrons. The minimum absolute atomic E-state index is 0.0367. The first kappa shape index (κ1) is 20.5. The molecule has 1 saturated heterocycles. The molecule has 1 aliphatic heterocycles. The number of hydrogen-bond acceptors (Lipinski definition) is 12. The zero-order valence-corrected chi connectivity index (χ0v) is 15.9. The fraction of sp³-hybridized carbons (Fsp3) is 0.294. The average Bonchev–Trinajstić information content (AvgIpc) is 3.26. The molecule has 0 aromatic carbocycles. The minimum Gasteiger partial charge on any atom is -0.612 e. The molecule has 2 aromatic heterocycles. The van der Waals surface area contributed by atoms with Crippen molar-refractivity contribution in [2.75, 3.05) is 17.8 Å². The van der Waals surface area contributed by atoms with Crippen LogP contribution in [0.3, 0.4) is 0 Å². The molecule has 14 nitrogen and oxygen atoms in total. The molecule has 0 spiro atoms. The molecule has 0 saturated carbocycles. The zero-order valence-electron chi connectivity index (χ0n) is 15.9. The maximum absolute atomic E-state index is 10.8. The monoisotopic (exact) mass is 431 g/mol. The fourth-order valence-electron chi connectivity index (χ4n) is 3.22. The van der Waals surface area contributed by atoms with Crippen LogP contribution in [0.15, 0.2) is 42.4 Å². The third-order valence-corrected chi connectivity index (χ3v) is 4.80. The molecular formula is C17H19N8O6-. The van der Waals surface area contributed by atoms with Crippen molar-refractivity contribution < 1.29 is 25.0 Å². The number of imidazole rings is 1. The van der Waals surface area contributed by atoms with Crippen molar-refractivity contribution in [3.63, 3.8) is 0 Å². The molecular weight excluding hydrogens is 412 g/mol. The SMILES string of the molecule is Nc1ncnc2c1nc(NNC=C1C=CC(=[N+]([O-])[O-])C=C1)n2[C@H]1O[C@@H](CO)[C@@H](O)[C@H]1O. The summed E-state index contributed by atoms with van der Waals surface area (Å²) in [5.41, 5.74) is 12.6. The van der Waals surface area contributed by atoms with Gasteiger partial charge in [-0.05, 0) is 17.7 Å². The second kappa shape index (κ2) is 8.19. The summed E-state index contributed by atoms with van der Waals surface area (Å²) in [4.78, 5) is 11.9. The Hall–Kier alpha value is -3.72. The number of fused-ring (bicyclic) bond motifs is 1. The van der Waals surface area contributed by atoms with Gasteiger partial charge in [-0.2, -0.15) is 4.90 Å². The highest BCUT2D eigenvalue weighted by Gasteiger charge is 2.45. The number of anilines is 2. The van der Waals surface area contributed by atoms with Crippen molar-refractivity contribution in [3.05, 3.63) is 52.8 Å². The maximum atomic E-state index is 10.8. The minimum atomic E-state index is -1.37. The molecule has 2 aliphatic rings. The lowest BCUT2D eigenvalue weighted by Gasteiger charge is -2.19. The zero-order chi connectivity index (χ0) is 22.1. The summed E-state index contributed by atoms with van der Waals surface area (Å²) in [6, 6.07) is 0. The third-order valence-electron chi connectivity index (χ3n) is 4.80. The van der Waals surface area contributed by atoms with Gasteiger partial charge >= 0.3 is 0 Å². The molecule has 14 heteroatoms. The second-order valence-corrected chi connectivity index (χ2v) is 6.73. The molecule has 4 atom stereocenters. The van der Waals surface area contributed by atoms with E-state index in [9.17, 15) is 25.7 Å². The third kappa shape index (κ3) is 3.75. The van der Waals surface area contributed by atoms with Crippen LogP contribution < -0.4 is 16.6 Å². The number of nitrogens with two attached hydrogens (primary N) is 1. The number of aromatic nitrogens is 4. The van der Waals surface area contributed by atoms with E-state index in [1.165, 1.54) is 29.2 Å². The van der Waals surface area contributed by atoms with Gasteiger partial charge in [0.1, 0.15) is 24.6 Å². The summed E-state index contributed by atoms with van der Waals surface area (Å²) >= 11 is 0. The van der Waals surface area contributed by atoms with Crippen molar-refractivity contribution in [1.82, 2.24) is 24.9 Å². The van der Waals surface area contributed by atoms with Crippen LogP contribution in [0.2, 0.25) is 0 Å². The lowest BCUT2D eigenvalue weighted by Crippen LogP contribution is -2.33. The van der Waals surface area contributed by atoms with Gasteiger partial charge < -0.3 is 41.6 Å². The van der Waals surface area contributed by atoms with Crippen LogP contribution in [0, 0.1) is 10.4 Å². The van der Waals surface area contributed by atoms with E-state index in [2.05, 4.69) is 25.8 Å². The van der Waals surface area contributed by atoms with Gasteiger partial charge in [-0.25, -0.2) is 15.0 Å². The number of nitrogens with one attached hydrogen (secondary N) is 2. The largest absolute Gasteiger partial charge is 0.612 e. The van der Waals surface area contributed by atoms with Crippen LogP contribution in [-0.2, 0) is 4.74 Å². The molecule has 7 N–H and O–H groups in total. The Morgan fingerprint density at radius 2 is 1.94 bits per heavy atom. The van der Waals surface area contributed by atoms with Gasteiger partial charge in [0, 0.05) is 18.4 Å². The second-order valence-electron chi connectivity index (χ2n) is 6.73. The number of aliphatic hydroxyl groups excluding tert-OH is 3. The standard InChI is InChI=1S/C17H19N8O6/c18-14-11-15(20-7-19-14)24(16-13(28)12(27)10(6-26)31-16)17(22-11)23-21-5-8-1-3-9(4-2-8)25(29)30/h1-5,7,10,12-13,16,21,26-28H,6H2,(H3-,18,19,20,22,23,29,30)/q-1/t10-,12+,13+,16-/m0/s1. The molecule has 1 fully saturated rings. The first-order chi connectivity index (χ1) is 14.9. The van der Waals surface area contributed by atoms with Crippen LogP contribution >= 0.6 is 0 Å². The lowest BCUT2D eigenvalue weighted by atomic mass is 10.1. The van der Waals surface area contributed by atoms with Gasteiger partial charge in [-0.15, -0.1) is 0 Å². The lowest BCUT2D eigenvalue weighted by molar-refractivity contribution is -0.377. The van der Waals surface area contributed by atoms with Crippen molar-refractivity contribution in [2.45, 2.75) is 24.5 Å². The van der Waals surface area contributed by atoms with E-state index in [1.54, 1.807) is 12.2 Å². The molecule has 4 rings (SSSR count). The first-order valence-corrected chi connectivity index (χ1v) is 9.10. The summed E-state index contributed by atoms with van der Waals surface area (Å²) in [5.74, 6) is 0.230. The maximum Gasteiger partial charge on any atom is 0.226 e. The quantitative estimate of drug-likeness (QED) is 0.233. The number of allylic oxidation sites excluding steroid dienone is 5. The summed E-state index contributed by atoms with van der Waals surface area (Å²) in [6.07, 6.45) is 3.76. The summed E-state index contributed by atoms with van der Waals surface area (Å²) in [6.45, 7) is -0.493. The van der Waals surface area contributed by atoms with Crippen LogP contribution in [0.25, 0.3) is 11.2 Å². The number of hydrazine groups is 1. The Kier molecular flexibility index (Phi) is 5.43. The van der Waals surface area contributed by atoms with E-state index in [0.29, 0.717) is 5.57 Å². The van der Waals surface area contributed by atoms with Crippen molar-refractivity contribution >= 4 is 28.6 Å². The molecule has 0 amide bonds. The van der Waals surface area contributed by atoms with Crippen LogP contribution in [0.4, 0.5) is 11.8 Å². The average molecular weight is 431 g/mol. The summed E-state index contributed by atoms with van der Waals surface area (Å²) < 4.78 is 6.98. The van der Waals surface area contributed by atoms with Crippen molar-refractivity contribution in [1.29, 1.82) is 0 Å². The van der Waals surface area contributed by atoms with E-state index in [0.717, 1.165) is 0 Å². The van der Waals surface area contributed by atoms with Gasteiger partial charge in [0.05, 0.1) is 6.61 Å². The molecule has 2 aromatic rings. The van der Waals surface area contributed by atoms with Gasteiger partial charge in [0.25, 0.3) is 0 Å².